The lowest BCUT2D eigenvalue weighted by molar-refractivity contribution is 0.00154. The van der Waals surface area contributed by atoms with E-state index in [1.54, 1.807) is 43.9 Å². The third kappa shape index (κ3) is 5.37. The second-order valence-corrected chi connectivity index (χ2v) is 10.7. The van der Waals surface area contributed by atoms with E-state index < -0.39 is 27.4 Å². The summed E-state index contributed by atoms with van der Waals surface area (Å²) in [7, 11) is -2.51. The van der Waals surface area contributed by atoms with Crippen molar-refractivity contribution in [2.24, 2.45) is 0 Å². The van der Waals surface area contributed by atoms with Gasteiger partial charge >= 0.3 is 0 Å². The van der Waals surface area contributed by atoms with Gasteiger partial charge in [0.1, 0.15) is 18.0 Å². The van der Waals surface area contributed by atoms with Crippen LogP contribution in [0.3, 0.4) is 0 Å². The Hall–Kier alpha value is -2.87. The largest absolute Gasteiger partial charge is 0.475 e. The third-order valence-electron chi connectivity index (χ3n) is 5.31. The summed E-state index contributed by atoms with van der Waals surface area (Å²) in [5.74, 6) is 1.02. The van der Waals surface area contributed by atoms with Crippen molar-refractivity contribution in [2.75, 3.05) is 25.0 Å². The van der Waals surface area contributed by atoms with Crippen molar-refractivity contribution >= 4 is 27.6 Å². The smallest absolute Gasteiger partial charge is 0.240 e. The van der Waals surface area contributed by atoms with E-state index in [1.807, 2.05) is 0 Å². The van der Waals surface area contributed by atoms with Crippen molar-refractivity contribution in [1.82, 2.24) is 29.7 Å². The normalized spacial score (nSPS) is 17.1. The first kappa shape index (κ1) is 25.2. The van der Waals surface area contributed by atoms with Gasteiger partial charge in [0.2, 0.25) is 21.9 Å². The SMILES string of the molecule is COC[C@H]1COc2ncccc2-c2nnc(NS(=O)(=O)C(C)C(OC(C)C)c3ncc(Cl)cn3)n21. The van der Waals surface area contributed by atoms with Crippen LogP contribution in [0.4, 0.5) is 5.95 Å². The van der Waals surface area contributed by atoms with Gasteiger partial charge in [0.25, 0.3) is 0 Å². The summed E-state index contributed by atoms with van der Waals surface area (Å²) in [6.07, 6.45) is 3.15. The van der Waals surface area contributed by atoms with Crippen molar-refractivity contribution in [1.29, 1.82) is 0 Å². The molecular weight excluding hydrogens is 498 g/mol. The predicted molar refractivity (Wildman–Crippen MR) is 128 cm³/mol. The molecule has 1 aliphatic rings. The van der Waals surface area contributed by atoms with Crippen LogP contribution >= 0.6 is 11.6 Å². The van der Waals surface area contributed by atoms with Crippen molar-refractivity contribution < 1.29 is 22.6 Å². The van der Waals surface area contributed by atoms with Gasteiger partial charge in [-0.05, 0) is 32.9 Å². The minimum atomic E-state index is -4.06. The fourth-order valence-corrected chi connectivity index (χ4v) is 4.85. The highest BCUT2D eigenvalue weighted by molar-refractivity contribution is 7.93. The van der Waals surface area contributed by atoms with Crippen LogP contribution in [-0.2, 0) is 19.5 Å². The van der Waals surface area contributed by atoms with E-state index in [1.165, 1.54) is 19.3 Å². The fraction of sp³-hybridized carbons (Fsp3) is 0.476. The third-order valence-corrected chi connectivity index (χ3v) is 7.20. The van der Waals surface area contributed by atoms with Gasteiger partial charge in [0.05, 0.1) is 29.3 Å². The van der Waals surface area contributed by atoms with Gasteiger partial charge < -0.3 is 14.2 Å². The monoisotopic (exact) mass is 523 g/mol. The predicted octanol–water partition coefficient (Wildman–Crippen LogP) is 2.66. The standard InChI is InChI=1S/C21H26ClN7O5S/c1-12(2)34-17(18-24-8-14(22)9-25-18)13(3)35(30,31)28-21-27-26-19-16-6-5-7-23-20(16)33-11-15(10-32-4)29(19)21/h5-9,12-13,15,17H,10-11H2,1-4H3,(H,27,28)/t13?,15-,17?/m0/s1. The molecule has 12 nitrogen and oxygen atoms in total. The Morgan fingerprint density at radius 1 is 1.23 bits per heavy atom. The van der Waals surface area contributed by atoms with E-state index in [-0.39, 0.29) is 31.1 Å². The summed E-state index contributed by atoms with van der Waals surface area (Å²) >= 11 is 5.90. The fourth-order valence-electron chi connectivity index (χ4n) is 3.66. The van der Waals surface area contributed by atoms with E-state index in [0.717, 1.165) is 0 Å². The van der Waals surface area contributed by atoms with Crippen LogP contribution in [0.1, 0.15) is 38.7 Å². The average Bonchev–Trinajstić information content (AvgIpc) is 3.15. The molecule has 0 amide bonds. The molecule has 2 unspecified atom stereocenters. The molecular formula is C21H26ClN7O5S. The molecule has 0 radical (unpaired) electrons. The average molecular weight is 524 g/mol. The minimum Gasteiger partial charge on any atom is -0.475 e. The molecule has 35 heavy (non-hydrogen) atoms. The molecule has 0 aromatic carbocycles. The molecule has 0 aliphatic carbocycles. The highest BCUT2D eigenvalue weighted by Crippen LogP contribution is 2.35. The molecule has 0 saturated heterocycles. The Morgan fingerprint density at radius 3 is 2.66 bits per heavy atom. The number of nitrogens with zero attached hydrogens (tertiary/aromatic N) is 6. The van der Waals surface area contributed by atoms with Gasteiger partial charge in [-0.1, -0.05) is 11.6 Å². The van der Waals surface area contributed by atoms with Crippen LogP contribution < -0.4 is 9.46 Å². The van der Waals surface area contributed by atoms with E-state index in [9.17, 15) is 8.42 Å². The summed E-state index contributed by atoms with van der Waals surface area (Å²) in [6.45, 7) is 5.54. The van der Waals surface area contributed by atoms with Crippen LogP contribution in [0, 0.1) is 0 Å². The second-order valence-electron chi connectivity index (χ2n) is 8.21. The zero-order chi connectivity index (χ0) is 25.2. The van der Waals surface area contributed by atoms with Crippen molar-refractivity contribution in [3.8, 4) is 17.3 Å². The van der Waals surface area contributed by atoms with Gasteiger partial charge in [-0.15, -0.1) is 10.2 Å². The Bertz CT molecular complexity index is 1270. The first-order valence-electron chi connectivity index (χ1n) is 10.9. The molecule has 1 aliphatic heterocycles. The number of anilines is 1. The maximum Gasteiger partial charge on any atom is 0.240 e. The van der Waals surface area contributed by atoms with Gasteiger partial charge in [-0.2, -0.15) is 0 Å². The topological polar surface area (TPSA) is 143 Å². The highest BCUT2D eigenvalue weighted by Gasteiger charge is 2.37. The number of ether oxygens (including phenoxy) is 3. The number of hydrogen-bond acceptors (Lipinski definition) is 10. The van der Waals surface area contributed by atoms with Crippen LogP contribution in [0.25, 0.3) is 11.4 Å². The Kier molecular flexibility index (Phi) is 7.50. The number of fused-ring (bicyclic) bond motifs is 3. The lowest BCUT2D eigenvalue weighted by Gasteiger charge is -2.26. The van der Waals surface area contributed by atoms with E-state index in [4.69, 9.17) is 25.8 Å². The first-order valence-corrected chi connectivity index (χ1v) is 12.8. The number of halogens is 1. The maximum atomic E-state index is 13.5. The molecule has 3 aromatic heterocycles. The summed E-state index contributed by atoms with van der Waals surface area (Å²) in [4.78, 5) is 12.6. The number of aromatic nitrogens is 6. The van der Waals surface area contributed by atoms with E-state index in [0.29, 0.717) is 22.3 Å². The number of pyridine rings is 1. The second kappa shape index (κ2) is 10.4. The lowest BCUT2D eigenvalue weighted by atomic mass is 10.2. The van der Waals surface area contributed by atoms with Crippen LogP contribution in [-0.4, -0.2) is 69.8 Å². The summed E-state index contributed by atoms with van der Waals surface area (Å²) in [5.41, 5.74) is 0.590. The first-order chi connectivity index (χ1) is 16.7. The molecule has 3 aromatic rings. The van der Waals surface area contributed by atoms with Gasteiger partial charge in [-0.3, -0.25) is 9.29 Å². The zero-order valence-corrected chi connectivity index (χ0v) is 21.2. The quantitative estimate of drug-likeness (QED) is 0.444. The van der Waals surface area contributed by atoms with Crippen molar-refractivity contribution in [2.45, 2.75) is 44.3 Å². The molecule has 0 saturated carbocycles. The highest BCUT2D eigenvalue weighted by atomic mass is 35.5. The summed E-state index contributed by atoms with van der Waals surface area (Å²) < 4.78 is 48.3. The Balaban J connectivity index is 1.70. The number of rotatable bonds is 9. The lowest BCUT2D eigenvalue weighted by Crippen LogP contribution is -2.35. The number of hydrogen-bond donors (Lipinski definition) is 1. The number of nitrogens with one attached hydrogen (secondary N) is 1. The van der Waals surface area contributed by atoms with E-state index >= 15 is 0 Å². The summed E-state index contributed by atoms with van der Waals surface area (Å²) in [6, 6.07) is 3.11. The number of sulfonamides is 1. The van der Waals surface area contributed by atoms with Gasteiger partial charge in [-0.25, -0.2) is 23.4 Å². The molecule has 188 valence electrons. The molecule has 4 heterocycles. The van der Waals surface area contributed by atoms with E-state index in [2.05, 4.69) is 29.9 Å². The molecule has 0 spiro atoms. The maximum absolute atomic E-state index is 13.5. The molecule has 0 fully saturated rings. The van der Waals surface area contributed by atoms with Crippen LogP contribution in [0.2, 0.25) is 5.02 Å². The molecule has 0 bridgehead atoms. The molecule has 1 N–H and O–H groups in total. The van der Waals surface area contributed by atoms with Crippen molar-refractivity contribution in [3.63, 3.8) is 0 Å². The Labute approximate surface area is 208 Å². The Morgan fingerprint density at radius 2 is 1.97 bits per heavy atom. The minimum absolute atomic E-state index is 0.0227. The van der Waals surface area contributed by atoms with Crippen molar-refractivity contribution in [3.05, 3.63) is 41.6 Å². The molecule has 4 rings (SSSR count). The molecule has 14 heteroatoms. The molecule has 3 atom stereocenters. The summed E-state index contributed by atoms with van der Waals surface area (Å²) in [5, 5.41) is 7.62. The van der Waals surface area contributed by atoms with Crippen LogP contribution in [0.15, 0.2) is 30.7 Å². The number of methoxy groups -OCH3 is 1. The van der Waals surface area contributed by atoms with Crippen LogP contribution in [0.5, 0.6) is 5.88 Å². The zero-order valence-electron chi connectivity index (χ0n) is 19.6. The van der Waals surface area contributed by atoms with Gasteiger partial charge in [0.15, 0.2) is 11.6 Å². The van der Waals surface area contributed by atoms with Gasteiger partial charge in [0, 0.05) is 25.7 Å².